The Morgan fingerprint density at radius 2 is 2.22 bits per heavy atom. The molecule has 1 atom stereocenters. The number of hydrogen-bond donors (Lipinski definition) is 1. The molecule has 0 saturated carbocycles. The highest BCUT2D eigenvalue weighted by Gasteiger charge is 2.36. The Kier molecular flexibility index (Phi) is 4.77. The lowest BCUT2D eigenvalue weighted by Crippen LogP contribution is -2.49. The number of rotatable bonds is 4. The zero-order valence-electron chi connectivity index (χ0n) is 13.1. The second-order valence-corrected chi connectivity index (χ2v) is 8.18. The van der Waals surface area contributed by atoms with Gasteiger partial charge in [-0.2, -0.15) is 4.31 Å². The van der Waals surface area contributed by atoms with Crippen LogP contribution in [0.5, 0.6) is 0 Å². The van der Waals surface area contributed by atoms with Crippen molar-refractivity contribution in [3.63, 3.8) is 0 Å². The molecule has 0 amide bonds. The van der Waals surface area contributed by atoms with Crippen LogP contribution < -0.4 is 5.32 Å². The molecule has 23 heavy (non-hydrogen) atoms. The van der Waals surface area contributed by atoms with Gasteiger partial charge in [-0.15, -0.1) is 11.8 Å². The smallest absolute Gasteiger partial charge is 0.243 e. The summed E-state index contributed by atoms with van der Waals surface area (Å²) in [5.74, 6) is 0.752. The Morgan fingerprint density at radius 1 is 1.39 bits per heavy atom. The van der Waals surface area contributed by atoms with E-state index in [0.29, 0.717) is 24.5 Å². The van der Waals surface area contributed by atoms with Crippen molar-refractivity contribution in [2.45, 2.75) is 15.8 Å². The van der Waals surface area contributed by atoms with Crippen LogP contribution in [-0.4, -0.2) is 48.2 Å². The third-order valence-corrected chi connectivity index (χ3v) is 6.63. The standard InChI is InChI=1S/C15H20N4O2S2/c1-18-8-7-17-15(18)14-11-16-6-9-19(14)23(20,21)13-5-3-4-12(10-13)22-2/h3-5,7-8,10,14,16H,6,9,11H2,1-2H3. The maximum Gasteiger partial charge on any atom is 0.243 e. The highest BCUT2D eigenvalue weighted by Crippen LogP contribution is 2.29. The Labute approximate surface area is 141 Å². The summed E-state index contributed by atoms with van der Waals surface area (Å²) < 4.78 is 29.7. The van der Waals surface area contributed by atoms with Gasteiger partial charge in [0.15, 0.2) is 0 Å². The van der Waals surface area contributed by atoms with Crippen LogP contribution in [0.4, 0.5) is 0 Å². The molecule has 6 nitrogen and oxygen atoms in total. The molecule has 1 aliphatic rings. The van der Waals surface area contributed by atoms with E-state index in [1.54, 1.807) is 28.7 Å². The minimum atomic E-state index is -3.56. The molecule has 1 saturated heterocycles. The van der Waals surface area contributed by atoms with Gasteiger partial charge in [0, 0.05) is 44.0 Å². The molecule has 1 aliphatic heterocycles. The van der Waals surface area contributed by atoms with Crippen LogP contribution in [0.2, 0.25) is 0 Å². The summed E-state index contributed by atoms with van der Waals surface area (Å²) in [6.45, 7) is 1.64. The number of nitrogens with zero attached hydrogens (tertiary/aromatic N) is 3. The van der Waals surface area contributed by atoms with E-state index in [1.165, 1.54) is 11.8 Å². The summed E-state index contributed by atoms with van der Waals surface area (Å²) in [5.41, 5.74) is 0. The summed E-state index contributed by atoms with van der Waals surface area (Å²) in [6.07, 6.45) is 5.47. The zero-order chi connectivity index (χ0) is 16.4. The monoisotopic (exact) mass is 352 g/mol. The normalized spacial score (nSPS) is 19.8. The van der Waals surface area contributed by atoms with Gasteiger partial charge < -0.3 is 9.88 Å². The molecule has 124 valence electrons. The first-order valence-corrected chi connectivity index (χ1v) is 10.0. The third-order valence-electron chi connectivity index (χ3n) is 4.00. The van der Waals surface area contributed by atoms with Crippen molar-refractivity contribution >= 4 is 21.8 Å². The molecule has 3 rings (SSSR count). The van der Waals surface area contributed by atoms with Crippen molar-refractivity contribution in [3.05, 3.63) is 42.5 Å². The number of sulfonamides is 1. The van der Waals surface area contributed by atoms with E-state index >= 15 is 0 Å². The van der Waals surface area contributed by atoms with Crippen LogP contribution in [0.1, 0.15) is 11.9 Å². The number of imidazole rings is 1. The lowest BCUT2D eigenvalue weighted by molar-refractivity contribution is 0.258. The average molecular weight is 352 g/mol. The molecule has 1 unspecified atom stereocenters. The van der Waals surface area contributed by atoms with Gasteiger partial charge in [-0.3, -0.25) is 0 Å². The molecule has 2 heterocycles. The zero-order valence-corrected chi connectivity index (χ0v) is 14.8. The number of piperazine rings is 1. The van der Waals surface area contributed by atoms with E-state index < -0.39 is 10.0 Å². The molecule has 0 bridgehead atoms. The molecule has 1 fully saturated rings. The number of benzene rings is 1. The minimum Gasteiger partial charge on any atom is -0.337 e. The molecular formula is C15H20N4O2S2. The number of aryl methyl sites for hydroxylation is 1. The first-order valence-electron chi connectivity index (χ1n) is 7.38. The van der Waals surface area contributed by atoms with Gasteiger partial charge in [0.1, 0.15) is 5.82 Å². The summed E-state index contributed by atoms with van der Waals surface area (Å²) in [7, 11) is -1.67. The quantitative estimate of drug-likeness (QED) is 0.844. The second-order valence-electron chi connectivity index (χ2n) is 5.41. The first kappa shape index (κ1) is 16.5. The van der Waals surface area contributed by atoms with E-state index in [0.717, 1.165) is 10.7 Å². The van der Waals surface area contributed by atoms with Crippen LogP contribution in [0.25, 0.3) is 0 Å². The summed E-state index contributed by atoms with van der Waals surface area (Å²) in [4.78, 5) is 5.62. The Hall–Kier alpha value is -1.35. The number of thioether (sulfide) groups is 1. The third kappa shape index (κ3) is 3.16. The fourth-order valence-electron chi connectivity index (χ4n) is 2.79. The largest absolute Gasteiger partial charge is 0.337 e. The molecule has 1 aromatic heterocycles. The lowest BCUT2D eigenvalue weighted by atomic mass is 10.2. The Balaban J connectivity index is 2.00. The van der Waals surface area contributed by atoms with Crippen molar-refractivity contribution in [1.82, 2.24) is 19.2 Å². The van der Waals surface area contributed by atoms with E-state index in [2.05, 4.69) is 10.3 Å². The van der Waals surface area contributed by atoms with Crippen molar-refractivity contribution in [2.24, 2.45) is 7.05 Å². The van der Waals surface area contributed by atoms with Gasteiger partial charge >= 0.3 is 0 Å². The minimum absolute atomic E-state index is 0.299. The van der Waals surface area contributed by atoms with Crippen molar-refractivity contribution < 1.29 is 8.42 Å². The van der Waals surface area contributed by atoms with Gasteiger partial charge in [-0.25, -0.2) is 13.4 Å². The Bertz CT molecular complexity index is 788. The number of nitrogens with one attached hydrogen (secondary N) is 1. The van der Waals surface area contributed by atoms with Gasteiger partial charge in [-0.05, 0) is 24.5 Å². The lowest BCUT2D eigenvalue weighted by Gasteiger charge is -2.34. The first-order chi connectivity index (χ1) is 11.0. The van der Waals surface area contributed by atoms with E-state index in [-0.39, 0.29) is 6.04 Å². The summed E-state index contributed by atoms with van der Waals surface area (Å²) in [5, 5.41) is 3.26. The van der Waals surface area contributed by atoms with Crippen molar-refractivity contribution in [1.29, 1.82) is 0 Å². The highest BCUT2D eigenvalue weighted by atomic mass is 32.2. The SMILES string of the molecule is CSc1cccc(S(=O)(=O)N2CCNCC2c2nccn2C)c1. The molecule has 8 heteroatoms. The second kappa shape index (κ2) is 6.64. The molecule has 0 spiro atoms. The van der Waals surface area contributed by atoms with Crippen LogP contribution >= 0.6 is 11.8 Å². The topological polar surface area (TPSA) is 67.2 Å². The van der Waals surface area contributed by atoms with Crippen LogP contribution in [0.3, 0.4) is 0 Å². The fraction of sp³-hybridized carbons (Fsp3) is 0.400. The maximum absolute atomic E-state index is 13.1. The fourth-order valence-corrected chi connectivity index (χ4v) is 4.96. The summed E-state index contributed by atoms with van der Waals surface area (Å²) >= 11 is 1.53. The molecular weight excluding hydrogens is 332 g/mol. The van der Waals surface area contributed by atoms with Gasteiger partial charge in [-0.1, -0.05) is 6.07 Å². The van der Waals surface area contributed by atoms with Crippen LogP contribution in [0.15, 0.2) is 46.5 Å². The maximum atomic E-state index is 13.1. The molecule has 0 radical (unpaired) electrons. The van der Waals surface area contributed by atoms with E-state index in [1.807, 2.05) is 30.1 Å². The number of aromatic nitrogens is 2. The van der Waals surface area contributed by atoms with Crippen LogP contribution in [-0.2, 0) is 17.1 Å². The van der Waals surface area contributed by atoms with Crippen molar-refractivity contribution in [3.8, 4) is 0 Å². The Morgan fingerprint density at radius 3 is 2.91 bits per heavy atom. The van der Waals surface area contributed by atoms with E-state index in [9.17, 15) is 8.42 Å². The molecule has 1 aromatic carbocycles. The van der Waals surface area contributed by atoms with E-state index in [4.69, 9.17) is 0 Å². The predicted molar refractivity (Wildman–Crippen MR) is 90.9 cm³/mol. The highest BCUT2D eigenvalue weighted by molar-refractivity contribution is 7.98. The van der Waals surface area contributed by atoms with Crippen molar-refractivity contribution in [2.75, 3.05) is 25.9 Å². The van der Waals surface area contributed by atoms with Gasteiger partial charge in [0.2, 0.25) is 10.0 Å². The van der Waals surface area contributed by atoms with Crippen LogP contribution in [0, 0.1) is 0 Å². The molecule has 1 N–H and O–H groups in total. The summed E-state index contributed by atoms with van der Waals surface area (Å²) in [6, 6.07) is 6.80. The predicted octanol–water partition coefficient (Wildman–Crippen LogP) is 1.48. The molecule has 2 aromatic rings. The van der Waals surface area contributed by atoms with Gasteiger partial charge in [0.05, 0.1) is 10.9 Å². The average Bonchev–Trinajstić information content (AvgIpc) is 3.01. The molecule has 0 aliphatic carbocycles. The van der Waals surface area contributed by atoms with Gasteiger partial charge in [0.25, 0.3) is 0 Å². The number of hydrogen-bond acceptors (Lipinski definition) is 5.